The fourth-order valence-electron chi connectivity index (χ4n) is 2.78. The minimum Gasteiger partial charge on any atom is -0.298 e. The third-order valence-electron chi connectivity index (χ3n) is 3.83. The number of rotatable bonds is 3. The summed E-state index contributed by atoms with van der Waals surface area (Å²) in [6.45, 7) is 2.01. The Labute approximate surface area is 117 Å². The Balaban J connectivity index is 1.96. The molecule has 1 heterocycles. The van der Waals surface area contributed by atoms with Gasteiger partial charge < -0.3 is 0 Å². The second kappa shape index (κ2) is 5.25. The Morgan fingerprint density at radius 2 is 2.11 bits per heavy atom. The van der Waals surface area contributed by atoms with Gasteiger partial charge in [-0.05, 0) is 25.8 Å². The molecule has 3 rings (SSSR count). The van der Waals surface area contributed by atoms with Gasteiger partial charge in [-0.3, -0.25) is 4.79 Å². The van der Waals surface area contributed by atoms with E-state index in [2.05, 4.69) is 11.1 Å². The zero-order valence-corrected chi connectivity index (χ0v) is 11.9. The van der Waals surface area contributed by atoms with E-state index in [0.29, 0.717) is 5.92 Å². The van der Waals surface area contributed by atoms with Gasteiger partial charge in [-0.15, -0.1) is 11.3 Å². The number of hydrogen-bond donors (Lipinski definition) is 0. The van der Waals surface area contributed by atoms with Gasteiger partial charge in [0.1, 0.15) is 0 Å². The lowest BCUT2D eigenvalue weighted by molar-refractivity contribution is 0.112. The van der Waals surface area contributed by atoms with Crippen molar-refractivity contribution >= 4 is 17.6 Å². The molecule has 1 saturated carbocycles. The largest absolute Gasteiger partial charge is 0.298 e. The molecule has 2 nitrogen and oxygen atoms in total. The fourth-order valence-corrected chi connectivity index (χ4v) is 3.91. The molecule has 1 aromatic carbocycles. The smallest absolute Gasteiger partial charge is 0.150 e. The highest BCUT2D eigenvalue weighted by Crippen LogP contribution is 2.39. The molecule has 0 spiro atoms. The first-order valence-electron chi connectivity index (χ1n) is 6.80. The molecule has 2 aromatic rings. The van der Waals surface area contributed by atoms with E-state index < -0.39 is 0 Å². The summed E-state index contributed by atoms with van der Waals surface area (Å²) in [5.74, 6) is 0.642. The molecule has 0 saturated heterocycles. The van der Waals surface area contributed by atoms with Gasteiger partial charge in [0.2, 0.25) is 0 Å². The molecule has 0 unspecified atom stereocenters. The van der Waals surface area contributed by atoms with Crippen LogP contribution >= 0.6 is 11.3 Å². The molecule has 1 aliphatic carbocycles. The molecule has 0 amide bonds. The molecule has 1 aromatic heterocycles. The minimum absolute atomic E-state index is 0.642. The molecule has 98 valence electrons. The topological polar surface area (TPSA) is 30.0 Å². The molecular formula is C16H17NOS. The lowest BCUT2D eigenvalue weighted by Gasteiger charge is -2.04. The van der Waals surface area contributed by atoms with E-state index in [-0.39, 0.29) is 0 Å². The van der Waals surface area contributed by atoms with Gasteiger partial charge in [-0.25, -0.2) is 4.98 Å². The molecule has 19 heavy (non-hydrogen) atoms. The van der Waals surface area contributed by atoms with Gasteiger partial charge >= 0.3 is 0 Å². The van der Waals surface area contributed by atoms with E-state index in [9.17, 15) is 4.79 Å². The zero-order chi connectivity index (χ0) is 13.2. The van der Waals surface area contributed by atoms with Crippen molar-refractivity contribution in [3.63, 3.8) is 0 Å². The maximum atomic E-state index is 11.2. The van der Waals surface area contributed by atoms with Gasteiger partial charge in [-0.2, -0.15) is 0 Å². The van der Waals surface area contributed by atoms with E-state index in [4.69, 9.17) is 0 Å². The summed E-state index contributed by atoms with van der Waals surface area (Å²) in [5.41, 5.74) is 2.90. The summed E-state index contributed by atoms with van der Waals surface area (Å²) in [5, 5.41) is 1.24. The highest BCUT2D eigenvalue weighted by atomic mass is 32.1. The van der Waals surface area contributed by atoms with Crippen molar-refractivity contribution in [3.05, 3.63) is 40.5 Å². The molecule has 1 fully saturated rings. The van der Waals surface area contributed by atoms with Gasteiger partial charge in [0.05, 0.1) is 9.88 Å². The van der Waals surface area contributed by atoms with Crippen molar-refractivity contribution in [2.75, 3.05) is 0 Å². The van der Waals surface area contributed by atoms with Crippen LogP contribution in [0.15, 0.2) is 24.4 Å². The molecule has 0 aliphatic heterocycles. The summed E-state index contributed by atoms with van der Waals surface area (Å²) in [7, 11) is 0. The monoisotopic (exact) mass is 271 g/mol. The van der Waals surface area contributed by atoms with Crippen LogP contribution in [0.1, 0.15) is 52.5 Å². The van der Waals surface area contributed by atoms with Crippen LogP contribution in [-0.4, -0.2) is 11.3 Å². The second-order valence-corrected chi connectivity index (χ2v) is 6.31. The van der Waals surface area contributed by atoms with E-state index in [1.54, 1.807) is 11.3 Å². The van der Waals surface area contributed by atoms with Crippen LogP contribution in [0, 0.1) is 6.92 Å². The van der Waals surface area contributed by atoms with E-state index in [1.807, 2.05) is 25.3 Å². The van der Waals surface area contributed by atoms with Crippen molar-refractivity contribution in [2.45, 2.75) is 38.5 Å². The Bertz CT molecular complexity index is 597. The van der Waals surface area contributed by atoms with Crippen LogP contribution in [0.5, 0.6) is 0 Å². The number of benzene rings is 1. The number of hydrogen-bond acceptors (Lipinski definition) is 3. The number of carbonyl (C=O) groups is 1. The summed E-state index contributed by atoms with van der Waals surface area (Å²) >= 11 is 1.75. The first-order valence-corrected chi connectivity index (χ1v) is 7.61. The molecule has 0 bridgehead atoms. The Morgan fingerprint density at radius 1 is 1.32 bits per heavy atom. The lowest BCUT2D eigenvalue weighted by atomic mass is 10.0. The van der Waals surface area contributed by atoms with Crippen LogP contribution in [-0.2, 0) is 0 Å². The van der Waals surface area contributed by atoms with E-state index in [1.165, 1.54) is 30.7 Å². The number of thiazole rings is 1. The normalized spacial score (nSPS) is 15.8. The number of nitrogens with zero attached hydrogens (tertiary/aromatic N) is 1. The maximum absolute atomic E-state index is 11.2. The van der Waals surface area contributed by atoms with Crippen LogP contribution in [0.25, 0.3) is 10.4 Å². The van der Waals surface area contributed by atoms with Crippen molar-refractivity contribution in [1.82, 2.24) is 4.98 Å². The van der Waals surface area contributed by atoms with Gasteiger partial charge in [0.15, 0.2) is 6.29 Å². The quantitative estimate of drug-likeness (QED) is 0.764. The van der Waals surface area contributed by atoms with Gasteiger partial charge in [0.25, 0.3) is 0 Å². The van der Waals surface area contributed by atoms with Gasteiger partial charge in [-0.1, -0.05) is 30.5 Å². The SMILES string of the molecule is Cc1ccc(-c2cnc(C3CCCC3)s2)c(C=O)c1. The predicted molar refractivity (Wildman–Crippen MR) is 78.9 cm³/mol. The number of carbonyl (C=O) groups excluding carboxylic acids is 1. The highest BCUT2D eigenvalue weighted by molar-refractivity contribution is 7.15. The molecule has 0 N–H and O–H groups in total. The highest BCUT2D eigenvalue weighted by Gasteiger charge is 2.20. The second-order valence-electron chi connectivity index (χ2n) is 5.25. The molecular weight excluding hydrogens is 254 g/mol. The van der Waals surface area contributed by atoms with Crippen molar-refractivity contribution < 1.29 is 4.79 Å². The number of aldehydes is 1. The number of aryl methyl sites for hydroxylation is 1. The van der Waals surface area contributed by atoms with E-state index >= 15 is 0 Å². The average molecular weight is 271 g/mol. The number of aromatic nitrogens is 1. The third-order valence-corrected chi connectivity index (χ3v) is 5.02. The molecule has 0 radical (unpaired) electrons. The van der Waals surface area contributed by atoms with Crippen LogP contribution in [0.4, 0.5) is 0 Å². The maximum Gasteiger partial charge on any atom is 0.150 e. The van der Waals surface area contributed by atoms with Gasteiger partial charge in [0, 0.05) is 23.2 Å². The van der Waals surface area contributed by atoms with Crippen LogP contribution in [0.2, 0.25) is 0 Å². The Kier molecular flexibility index (Phi) is 3.47. The van der Waals surface area contributed by atoms with Crippen molar-refractivity contribution in [2.24, 2.45) is 0 Å². The summed E-state index contributed by atoms with van der Waals surface area (Å²) in [4.78, 5) is 16.9. The zero-order valence-electron chi connectivity index (χ0n) is 11.1. The minimum atomic E-state index is 0.642. The summed E-state index contributed by atoms with van der Waals surface area (Å²) < 4.78 is 0. The lowest BCUT2D eigenvalue weighted by Crippen LogP contribution is -1.88. The van der Waals surface area contributed by atoms with Crippen molar-refractivity contribution in [1.29, 1.82) is 0 Å². The fraction of sp³-hybridized carbons (Fsp3) is 0.375. The summed E-state index contributed by atoms with van der Waals surface area (Å²) in [6, 6.07) is 6.03. The van der Waals surface area contributed by atoms with E-state index in [0.717, 1.165) is 27.9 Å². The van der Waals surface area contributed by atoms with Crippen LogP contribution in [0.3, 0.4) is 0 Å². The molecule has 1 aliphatic rings. The predicted octanol–water partition coefficient (Wildman–Crippen LogP) is 4.59. The van der Waals surface area contributed by atoms with Crippen LogP contribution < -0.4 is 0 Å². The van der Waals surface area contributed by atoms with Crippen molar-refractivity contribution in [3.8, 4) is 10.4 Å². The average Bonchev–Trinajstić information content (AvgIpc) is 3.09. The standard InChI is InChI=1S/C16H17NOS/c1-11-6-7-14(13(8-11)10-18)15-9-17-16(19-15)12-4-2-3-5-12/h6-10,12H,2-5H2,1H3. The third kappa shape index (κ3) is 2.47. The molecule has 0 atom stereocenters. The first-order chi connectivity index (χ1) is 9.28. The first kappa shape index (κ1) is 12.5. The summed E-state index contributed by atoms with van der Waals surface area (Å²) in [6.07, 6.45) is 8.05. The molecule has 3 heteroatoms. The Morgan fingerprint density at radius 3 is 2.84 bits per heavy atom. The Hall–Kier alpha value is -1.48.